The molecule has 0 radical (unpaired) electrons. The molecule has 0 atom stereocenters. The van der Waals surface area contributed by atoms with E-state index in [-0.39, 0.29) is 10.6 Å². The Labute approximate surface area is 135 Å². The molecule has 0 aliphatic heterocycles. The first kappa shape index (κ1) is 17.8. The first-order valence-electron chi connectivity index (χ1n) is 6.53. The molecule has 0 aromatic heterocycles. The number of hydrogen-bond acceptors (Lipinski definition) is 4. The fourth-order valence-corrected chi connectivity index (χ4v) is 2.61. The molecule has 1 amide bonds. The van der Waals surface area contributed by atoms with Crippen molar-refractivity contribution in [1.82, 2.24) is 10.1 Å². The van der Waals surface area contributed by atoms with E-state index in [1.165, 1.54) is 0 Å². The molecule has 0 saturated carbocycles. The van der Waals surface area contributed by atoms with Crippen LogP contribution in [0.5, 0.6) is 0 Å². The van der Waals surface area contributed by atoms with Crippen molar-refractivity contribution in [2.75, 3.05) is 12.0 Å². The number of carbonyl (C=O) groups is 1. The van der Waals surface area contributed by atoms with Gasteiger partial charge in [-0.15, -0.1) is 0 Å². The largest absolute Gasteiger partial charge is 0.296 e. The van der Waals surface area contributed by atoms with E-state index in [0.717, 1.165) is 36.4 Å². The molecular formula is C14H12F3N3O3S. The zero-order valence-electron chi connectivity index (χ0n) is 12.0. The van der Waals surface area contributed by atoms with Gasteiger partial charge in [-0.05, 0) is 36.4 Å². The van der Waals surface area contributed by atoms with Gasteiger partial charge in [0.1, 0.15) is 11.6 Å². The summed E-state index contributed by atoms with van der Waals surface area (Å²) in [5, 5.41) is 0. The van der Waals surface area contributed by atoms with Crippen LogP contribution in [-0.4, -0.2) is 20.9 Å². The molecule has 0 heterocycles. The third-order valence-electron chi connectivity index (χ3n) is 2.81. The van der Waals surface area contributed by atoms with Gasteiger partial charge in [0.15, 0.2) is 5.82 Å². The van der Waals surface area contributed by atoms with E-state index in [4.69, 9.17) is 0 Å². The van der Waals surface area contributed by atoms with E-state index in [2.05, 4.69) is 10.9 Å². The minimum atomic E-state index is -4.00. The Bertz CT molecular complexity index is 842. The summed E-state index contributed by atoms with van der Waals surface area (Å²) in [6.45, 7) is -0.643. The van der Waals surface area contributed by atoms with Crippen LogP contribution in [0, 0.1) is 17.5 Å². The van der Waals surface area contributed by atoms with E-state index in [9.17, 15) is 26.4 Å². The number of nitrogens with one attached hydrogen (secondary N) is 3. The fourth-order valence-electron chi connectivity index (χ4n) is 1.63. The third kappa shape index (κ3) is 4.70. The van der Waals surface area contributed by atoms with Gasteiger partial charge in [-0.1, -0.05) is 0 Å². The Kier molecular flexibility index (Phi) is 5.42. The number of amides is 1. The predicted octanol–water partition coefficient (Wildman–Crippen LogP) is 1.53. The van der Waals surface area contributed by atoms with Crippen LogP contribution in [0.15, 0.2) is 47.4 Å². The van der Waals surface area contributed by atoms with Gasteiger partial charge in [0, 0.05) is 6.07 Å². The third-order valence-corrected chi connectivity index (χ3v) is 4.23. The standard InChI is InChI=1S/C14H12F3N3O3S/c15-9-1-4-11(5-2-9)24(22,23)18-8-14(21)20-19-13-6-3-10(16)7-12(13)17/h1-7,18-19H,8H2,(H,20,21). The first-order valence-corrected chi connectivity index (χ1v) is 8.01. The van der Waals surface area contributed by atoms with Gasteiger partial charge in [0.25, 0.3) is 5.91 Å². The Morgan fingerprint density at radius 3 is 2.21 bits per heavy atom. The van der Waals surface area contributed by atoms with Crippen LogP contribution in [0.1, 0.15) is 0 Å². The van der Waals surface area contributed by atoms with Crippen LogP contribution < -0.4 is 15.6 Å². The van der Waals surface area contributed by atoms with Crippen molar-refractivity contribution in [3.8, 4) is 0 Å². The summed E-state index contributed by atoms with van der Waals surface area (Å²) in [6.07, 6.45) is 0. The molecule has 10 heteroatoms. The number of sulfonamides is 1. The molecule has 0 spiro atoms. The second-order valence-electron chi connectivity index (χ2n) is 4.58. The number of benzene rings is 2. The van der Waals surface area contributed by atoms with Crippen molar-refractivity contribution in [1.29, 1.82) is 0 Å². The Morgan fingerprint density at radius 2 is 1.58 bits per heavy atom. The number of rotatable bonds is 6. The summed E-state index contributed by atoms with van der Waals surface area (Å²) in [4.78, 5) is 11.4. The molecule has 24 heavy (non-hydrogen) atoms. The topological polar surface area (TPSA) is 87.3 Å². The van der Waals surface area contributed by atoms with Crippen molar-refractivity contribution in [3.63, 3.8) is 0 Å². The van der Waals surface area contributed by atoms with Crippen LogP contribution in [0.25, 0.3) is 0 Å². The summed E-state index contributed by atoms with van der Waals surface area (Å²) in [7, 11) is -4.00. The second-order valence-corrected chi connectivity index (χ2v) is 6.34. The number of carbonyl (C=O) groups excluding carboxylic acids is 1. The summed E-state index contributed by atoms with van der Waals surface area (Å²) < 4.78 is 64.6. The van der Waals surface area contributed by atoms with Gasteiger partial charge in [-0.2, -0.15) is 0 Å². The van der Waals surface area contributed by atoms with E-state index in [1.54, 1.807) is 0 Å². The predicted molar refractivity (Wildman–Crippen MR) is 79.7 cm³/mol. The quantitative estimate of drug-likeness (QED) is 0.683. The lowest BCUT2D eigenvalue weighted by Gasteiger charge is -2.10. The summed E-state index contributed by atoms with van der Waals surface area (Å²) in [5.74, 6) is -3.12. The van der Waals surface area contributed by atoms with Crippen LogP contribution in [0.3, 0.4) is 0 Å². The van der Waals surface area contributed by atoms with Crippen molar-refractivity contribution in [3.05, 3.63) is 59.9 Å². The zero-order valence-corrected chi connectivity index (χ0v) is 12.8. The second kappa shape index (κ2) is 7.32. The molecule has 128 valence electrons. The smallest absolute Gasteiger partial charge is 0.253 e. The molecule has 0 aliphatic carbocycles. The Balaban J connectivity index is 1.89. The van der Waals surface area contributed by atoms with Gasteiger partial charge >= 0.3 is 0 Å². The highest BCUT2D eigenvalue weighted by atomic mass is 32.2. The maximum absolute atomic E-state index is 13.3. The maximum Gasteiger partial charge on any atom is 0.253 e. The molecular weight excluding hydrogens is 347 g/mol. The van der Waals surface area contributed by atoms with E-state index >= 15 is 0 Å². The SMILES string of the molecule is O=C(CNS(=O)(=O)c1ccc(F)cc1)NNc1ccc(F)cc1F. The first-order chi connectivity index (χ1) is 11.3. The minimum absolute atomic E-state index is 0.189. The molecule has 2 rings (SSSR count). The molecule has 2 aromatic carbocycles. The van der Waals surface area contributed by atoms with Crippen LogP contribution in [0.4, 0.5) is 18.9 Å². The lowest BCUT2D eigenvalue weighted by Crippen LogP contribution is -2.39. The average Bonchev–Trinajstić information content (AvgIpc) is 2.52. The van der Waals surface area contributed by atoms with E-state index in [1.807, 2.05) is 4.72 Å². The normalized spacial score (nSPS) is 11.1. The van der Waals surface area contributed by atoms with Crippen molar-refractivity contribution < 1.29 is 26.4 Å². The van der Waals surface area contributed by atoms with Crippen molar-refractivity contribution in [2.24, 2.45) is 0 Å². The number of hydrogen-bond donors (Lipinski definition) is 3. The van der Waals surface area contributed by atoms with Gasteiger partial charge in [0.2, 0.25) is 10.0 Å². The molecule has 6 nitrogen and oxygen atoms in total. The summed E-state index contributed by atoms with van der Waals surface area (Å²) in [5.41, 5.74) is 4.06. The van der Waals surface area contributed by atoms with Crippen molar-refractivity contribution >= 4 is 21.6 Å². The molecule has 2 aromatic rings. The molecule has 0 bridgehead atoms. The summed E-state index contributed by atoms with van der Waals surface area (Å²) >= 11 is 0. The van der Waals surface area contributed by atoms with E-state index in [0.29, 0.717) is 6.07 Å². The highest BCUT2D eigenvalue weighted by Crippen LogP contribution is 2.13. The molecule has 0 saturated heterocycles. The van der Waals surface area contributed by atoms with Gasteiger partial charge < -0.3 is 0 Å². The summed E-state index contributed by atoms with van der Waals surface area (Å²) in [6, 6.07) is 6.68. The fraction of sp³-hybridized carbons (Fsp3) is 0.0714. The minimum Gasteiger partial charge on any atom is -0.296 e. The Morgan fingerprint density at radius 1 is 0.958 bits per heavy atom. The lowest BCUT2D eigenvalue weighted by atomic mass is 10.3. The highest BCUT2D eigenvalue weighted by Gasteiger charge is 2.15. The molecule has 0 fully saturated rings. The van der Waals surface area contributed by atoms with Crippen LogP contribution in [-0.2, 0) is 14.8 Å². The number of hydrazine groups is 1. The van der Waals surface area contributed by atoms with E-state index < -0.39 is 39.9 Å². The average molecular weight is 359 g/mol. The van der Waals surface area contributed by atoms with Gasteiger partial charge in [-0.3, -0.25) is 15.6 Å². The highest BCUT2D eigenvalue weighted by molar-refractivity contribution is 7.89. The maximum atomic E-state index is 13.3. The monoisotopic (exact) mass is 359 g/mol. The van der Waals surface area contributed by atoms with Crippen LogP contribution >= 0.6 is 0 Å². The number of halogens is 3. The zero-order chi connectivity index (χ0) is 17.7. The molecule has 0 aliphatic rings. The molecule has 3 N–H and O–H groups in total. The molecule has 0 unspecified atom stereocenters. The van der Waals surface area contributed by atoms with Gasteiger partial charge in [0.05, 0.1) is 17.1 Å². The number of anilines is 1. The van der Waals surface area contributed by atoms with Crippen molar-refractivity contribution in [2.45, 2.75) is 4.90 Å². The van der Waals surface area contributed by atoms with Gasteiger partial charge in [-0.25, -0.2) is 26.3 Å². The Hall–Kier alpha value is -2.59. The van der Waals surface area contributed by atoms with Crippen LogP contribution in [0.2, 0.25) is 0 Å². The lowest BCUT2D eigenvalue weighted by molar-refractivity contribution is -0.119.